The minimum atomic E-state index is -1.08. The molecule has 0 aromatic rings. The Kier molecular flexibility index (Phi) is 5.94. The van der Waals surface area contributed by atoms with Crippen molar-refractivity contribution in [2.24, 2.45) is 5.73 Å². The molecule has 2 unspecified atom stereocenters. The van der Waals surface area contributed by atoms with Gasteiger partial charge in [0.25, 0.3) is 0 Å². The van der Waals surface area contributed by atoms with Gasteiger partial charge < -0.3 is 15.4 Å². The molecular weight excluding hydrogens is 228 g/mol. The lowest BCUT2D eigenvalue weighted by Gasteiger charge is -2.26. The van der Waals surface area contributed by atoms with Gasteiger partial charge in [0.05, 0.1) is 13.2 Å². The molecule has 1 heterocycles. The highest BCUT2D eigenvalue weighted by Gasteiger charge is 2.18. The second-order valence-electron chi connectivity index (χ2n) is 4.05. The van der Waals surface area contributed by atoms with Gasteiger partial charge in [-0.1, -0.05) is 0 Å². The Morgan fingerprint density at radius 2 is 2.12 bits per heavy atom. The molecule has 2 atom stereocenters. The fourth-order valence-electron chi connectivity index (χ4n) is 1.43. The van der Waals surface area contributed by atoms with E-state index in [1.807, 2.05) is 6.92 Å². The lowest BCUT2D eigenvalue weighted by molar-refractivity contribution is -0.132. The molecule has 16 heavy (non-hydrogen) atoms. The third-order valence-electron chi connectivity index (χ3n) is 2.45. The molecule has 1 amide bonds. The molecule has 0 radical (unpaired) electrons. The SMILES string of the molecule is CC(N)CCS(=O)CC(=O)N1CCOCC1. The van der Waals surface area contributed by atoms with Gasteiger partial charge in [0.2, 0.25) is 5.91 Å². The zero-order chi connectivity index (χ0) is 12.0. The first-order valence-electron chi connectivity index (χ1n) is 5.55. The van der Waals surface area contributed by atoms with Crippen LogP contribution in [0.4, 0.5) is 0 Å². The topological polar surface area (TPSA) is 72.6 Å². The zero-order valence-corrected chi connectivity index (χ0v) is 10.5. The summed E-state index contributed by atoms with van der Waals surface area (Å²) < 4.78 is 16.7. The highest BCUT2D eigenvalue weighted by Crippen LogP contribution is 2.00. The van der Waals surface area contributed by atoms with E-state index in [2.05, 4.69) is 0 Å². The lowest BCUT2D eigenvalue weighted by Crippen LogP contribution is -2.43. The molecule has 1 aliphatic rings. The predicted octanol–water partition coefficient (Wildman–Crippen LogP) is -0.669. The van der Waals surface area contributed by atoms with E-state index in [1.54, 1.807) is 4.90 Å². The maximum absolute atomic E-state index is 11.7. The Balaban J connectivity index is 2.24. The van der Waals surface area contributed by atoms with Crippen molar-refractivity contribution in [3.63, 3.8) is 0 Å². The van der Waals surface area contributed by atoms with Crippen molar-refractivity contribution >= 4 is 16.7 Å². The number of carbonyl (C=O) groups excluding carboxylic acids is 1. The van der Waals surface area contributed by atoms with Gasteiger partial charge in [-0.3, -0.25) is 9.00 Å². The molecule has 0 spiro atoms. The summed E-state index contributed by atoms with van der Waals surface area (Å²) in [6, 6.07) is 0.0439. The fraction of sp³-hybridized carbons (Fsp3) is 0.900. The minimum absolute atomic E-state index is 0.0358. The number of carbonyl (C=O) groups is 1. The maximum atomic E-state index is 11.7. The number of amides is 1. The summed E-state index contributed by atoms with van der Waals surface area (Å²) in [7, 11) is -1.08. The van der Waals surface area contributed by atoms with E-state index in [9.17, 15) is 9.00 Å². The number of nitrogens with two attached hydrogens (primary N) is 1. The summed E-state index contributed by atoms with van der Waals surface area (Å²) in [6.45, 7) is 4.27. The van der Waals surface area contributed by atoms with E-state index in [0.29, 0.717) is 38.5 Å². The lowest BCUT2D eigenvalue weighted by atomic mass is 10.3. The Bertz CT molecular complexity index is 252. The molecule has 2 N–H and O–H groups in total. The van der Waals surface area contributed by atoms with Crippen molar-refractivity contribution < 1.29 is 13.7 Å². The molecule has 1 saturated heterocycles. The van der Waals surface area contributed by atoms with Crippen molar-refractivity contribution in [2.45, 2.75) is 19.4 Å². The summed E-state index contributed by atoms with van der Waals surface area (Å²) >= 11 is 0. The van der Waals surface area contributed by atoms with Gasteiger partial charge in [-0.15, -0.1) is 0 Å². The first kappa shape index (κ1) is 13.6. The molecule has 0 aromatic carbocycles. The van der Waals surface area contributed by atoms with E-state index in [1.165, 1.54) is 0 Å². The van der Waals surface area contributed by atoms with Crippen LogP contribution in [0.15, 0.2) is 0 Å². The molecule has 5 nitrogen and oxygen atoms in total. The normalized spacial score (nSPS) is 20.5. The van der Waals surface area contributed by atoms with Gasteiger partial charge in [0, 0.05) is 35.7 Å². The Labute approximate surface area is 98.8 Å². The number of nitrogens with zero attached hydrogens (tertiary/aromatic N) is 1. The monoisotopic (exact) mass is 248 g/mol. The van der Waals surface area contributed by atoms with Crippen LogP contribution in [0.5, 0.6) is 0 Å². The van der Waals surface area contributed by atoms with Crippen LogP contribution in [0.1, 0.15) is 13.3 Å². The van der Waals surface area contributed by atoms with Crippen LogP contribution in [0, 0.1) is 0 Å². The molecule has 1 aliphatic heterocycles. The van der Waals surface area contributed by atoms with Gasteiger partial charge in [-0.05, 0) is 13.3 Å². The molecule has 0 aliphatic carbocycles. The van der Waals surface area contributed by atoms with Crippen LogP contribution < -0.4 is 5.73 Å². The van der Waals surface area contributed by atoms with E-state index in [-0.39, 0.29) is 17.7 Å². The maximum Gasteiger partial charge on any atom is 0.235 e. The van der Waals surface area contributed by atoms with Crippen LogP contribution in [0.25, 0.3) is 0 Å². The van der Waals surface area contributed by atoms with Gasteiger partial charge >= 0.3 is 0 Å². The predicted molar refractivity (Wildman–Crippen MR) is 63.5 cm³/mol. The van der Waals surface area contributed by atoms with Gasteiger partial charge in [-0.25, -0.2) is 0 Å². The van der Waals surface area contributed by atoms with E-state index in [0.717, 1.165) is 0 Å². The summed E-state index contributed by atoms with van der Waals surface area (Å²) in [5.74, 6) is 0.590. The highest BCUT2D eigenvalue weighted by molar-refractivity contribution is 7.85. The number of hydrogen-bond donors (Lipinski definition) is 1. The van der Waals surface area contributed by atoms with Crippen molar-refractivity contribution in [1.82, 2.24) is 4.90 Å². The fourth-order valence-corrected chi connectivity index (χ4v) is 2.67. The average molecular weight is 248 g/mol. The Hall–Kier alpha value is -0.460. The first-order chi connectivity index (χ1) is 7.59. The quantitative estimate of drug-likeness (QED) is 0.700. The summed E-state index contributed by atoms with van der Waals surface area (Å²) in [5, 5.41) is 0. The van der Waals surface area contributed by atoms with Crippen molar-refractivity contribution in [1.29, 1.82) is 0 Å². The molecule has 0 bridgehead atoms. The third-order valence-corrected chi connectivity index (χ3v) is 3.71. The Morgan fingerprint density at radius 3 is 2.69 bits per heavy atom. The molecule has 1 fully saturated rings. The van der Waals surface area contributed by atoms with Crippen LogP contribution in [-0.4, -0.2) is 58.9 Å². The van der Waals surface area contributed by atoms with E-state index >= 15 is 0 Å². The van der Waals surface area contributed by atoms with Gasteiger partial charge in [0.1, 0.15) is 5.75 Å². The smallest absolute Gasteiger partial charge is 0.235 e. The third kappa shape index (κ3) is 5.05. The van der Waals surface area contributed by atoms with Crippen molar-refractivity contribution in [2.75, 3.05) is 37.8 Å². The largest absolute Gasteiger partial charge is 0.378 e. The van der Waals surface area contributed by atoms with E-state index in [4.69, 9.17) is 10.5 Å². The molecule has 1 rings (SSSR count). The number of hydrogen-bond acceptors (Lipinski definition) is 4. The number of ether oxygens (including phenoxy) is 1. The van der Waals surface area contributed by atoms with Crippen LogP contribution in [0.2, 0.25) is 0 Å². The van der Waals surface area contributed by atoms with Gasteiger partial charge in [0.15, 0.2) is 0 Å². The van der Waals surface area contributed by atoms with Crippen molar-refractivity contribution in [3.05, 3.63) is 0 Å². The first-order valence-corrected chi connectivity index (χ1v) is 7.04. The average Bonchev–Trinajstić information content (AvgIpc) is 2.27. The van der Waals surface area contributed by atoms with Crippen LogP contribution >= 0.6 is 0 Å². The summed E-state index contributed by atoms with van der Waals surface area (Å²) in [4.78, 5) is 13.4. The van der Waals surface area contributed by atoms with Crippen LogP contribution in [-0.2, 0) is 20.3 Å². The standard InChI is InChI=1S/C10H20N2O3S/c1-9(11)2-7-16(14)8-10(13)12-3-5-15-6-4-12/h9H,2-8,11H2,1H3. The molecular formula is C10H20N2O3S. The molecule has 6 heteroatoms. The van der Waals surface area contributed by atoms with Crippen molar-refractivity contribution in [3.8, 4) is 0 Å². The van der Waals surface area contributed by atoms with Gasteiger partial charge in [-0.2, -0.15) is 0 Å². The summed E-state index contributed by atoms with van der Waals surface area (Å²) in [6.07, 6.45) is 0.697. The second kappa shape index (κ2) is 6.98. The van der Waals surface area contributed by atoms with E-state index < -0.39 is 10.8 Å². The molecule has 94 valence electrons. The minimum Gasteiger partial charge on any atom is -0.378 e. The Morgan fingerprint density at radius 1 is 1.50 bits per heavy atom. The summed E-state index contributed by atoms with van der Waals surface area (Å²) in [5.41, 5.74) is 5.57. The number of rotatable bonds is 5. The molecule has 0 aromatic heterocycles. The highest BCUT2D eigenvalue weighted by atomic mass is 32.2. The molecule has 0 saturated carbocycles. The van der Waals surface area contributed by atoms with Crippen LogP contribution in [0.3, 0.4) is 0 Å². The zero-order valence-electron chi connectivity index (χ0n) is 9.68. The second-order valence-corrected chi connectivity index (χ2v) is 5.62. The number of morpholine rings is 1.